The summed E-state index contributed by atoms with van der Waals surface area (Å²) in [7, 11) is 3.46. The van der Waals surface area contributed by atoms with Crippen LogP contribution in [-0.4, -0.2) is 38.1 Å². The largest absolute Gasteiger partial charge is 0.373 e. The molecule has 0 aliphatic heterocycles. The van der Waals surface area contributed by atoms with Crippen molar-refractivity contribution in [3.63, 3.8) is 0 Å². The Morgan fingerprint density at radius 3 is 2.81 bits per heavy atom. The van der Waals surface area contributed by atoms with Gasteiger partial charge < -0.3 is 15.5 Å². The molecule has 1 rings (SSSR count). The summed E-state index contributed by atoms with van der Waals surface area (Å²) in [6.07, 6.45) is 1.73. The van der Waals surface area contributed by atoms with E-state index in [0.29, 0.717) is 6.54 Å². The molecule has 88 valence electrons. The Morgan fingerprint density at radius 1 is 1.50 bits per heavy atom. The first kappa shape index (κ1) is 12.3. The summed E-state index contributed by atoms with van der Waals surface area (Å²) in [5.41, 5.74) is 0.991. The highest BCUT2D eigenvalue weighted by Gasteiger charge is 2.08. The number of anilines is 2. The number of hydrogen-bond donors (Lipinski definition) is 2. The van der Waals surface area contributed by atoms with Gasteiger partial charge in [-0.05, 0) is 13.0 Å². The van der Waals surface area contributed by atoms with Crippen molar-refractivity contribution in [2.45, 2.75) is 6.92 Å². The summed E-state index contributed by atoms with van der Waals surface area (Å²) in [5, 5.41) is 5.59. The lowest BCUT2D eigenvalue weighted by Crippen LogP contribution is -2.35. The van der Waals surface area contributed by atoms with Crippen LogP contribution in [0, 0.1) is 0 Å². The van der Waals surface area contributed by atoms with Gasteiger partial charge in [-0.15, -0.1) is 0 Å². The fourth-order valence-corrected chi connectivity index (χ4v) is 1.39. The average Bonchev–Trinajstić information content (AvgIpc) is 2.35. The minimum Gasteiger partial charge on any atom is -0.373 e. The number of amides is 1. The van der Waals surface area contributed by atoms with E-state index in [1.54, 1.807) is 13.2 Å². The number of carbonyl (C=O) groups is 1. The third-order valence-electron chi connectivity index (χ3n) is 2.36. The normalized spacial score (nSPS) is 9.69. The summed E-state index contributed by atoms with van der Waals surface area (Å²) < 4.78 is 0. The van der Waals surface area contributed by atoms with Crippen molar-refractivity contribution in [3.05, 3.63) is 18.3 Å². The predicted molar refractivity (Wildman–Crippen MR) is 65.7 cm³/mol. The van der Waals surface area contributed by atoms with Crippen molar-refractivity contribution in [1.29, 1.82) is 0 Å². The number of likely N-dealkylation sites (N-methyl/N-ethyl adjacent to an activating group) is 2. The molecule has 2 N–H and O–H groups in total. The maximum atomic E-state index is 11.3. The Labute approximate surface area is 95.9 Å². The molecule has 1 amide bonds. The molecule has 0 saturated carbocycles. The Kier molecular flexibility index (Phi) is 4.57. The number of carbonyl (C=O) groups excluding carboxylic acids is 1. The second-order valence-electron chi connectivity index (χ2n) is 3.34. The van der Waals surface area contributed by atoms with Crippen LogP contribution in [0.15, 0.2) is 18.3 Å². The second kappa shape index (κ2) is 5.95. The highest BCUT2D eigenvalue weighted by Crippen LogP contribution is 2.16. The number of rotatable bonds is 5. The van der Waals surface area contributed by atoms with E-state index in [1.807, 2.05) is 31.0 Å². The van der Waals surface area contributed by atoms with E-state index < -0.39 is 0 Å². The van der Waals surface area contributed by atoms with Crippen LogP contribution in [0.2, 0.25) is 0 Å². The summed E-state index contributed by atoms with van der Waals surface area (Å²) in [4.78, 5) is 17.4. The summed E-state index contributed by atoms with van der Waals surface area (Å²) in [6.45, 7) is 3.16. The predicted octanol–water partition coefficient (Wildman–Crippen LogP) is 0.696. The number of nitrogens with zero attached hydrogens (tertiary/aromatic N) is 2. The van der Waals surface area contributed by atoms with Crippen molar-refractivity contribution in [1.82, 2.24) is 10.3 Å². The summed E-state index contributed by atoms with van der Waals surface area (Å²) in [5.74, 6) is 0.803. The van der Waals surface area contributed by atoms with Crippen molar-refractivity contribution in [2.24, 2.45) is 0 Å². The lowest BCUT2D eigenvalue weighted by Gasteiger charge is -2.22. The Hall–Kier alpha value is -1.78. The SMILES string of the molecule is CCN(CC(=O)NC)c1ccnc(NC)c1. The van der Waals surface area contributed by atoms with Gasteiger partial charge in [-0.3, -0.25) is 4.79 Å². The molecular formula is C11H18N4O. The van der Waals surface area contributed by atoms with Crippen LogP contribution in [0.5, 0.6) is 0 Å². The first-order chi connectivity index (χ1) is 7.71. The Morgan fingerprint density at radius 2 is 2.25 bits per heavy atom. The number of aromatic nitrogens is 1. The van der Waals surface area contributed by atoms with Crippen LogP contribution in [-0.2, 0) is 4.79 Å². The van der Waals surface area contributed by atoms with E-state index in [4.69, 9.17) is 0 Å². The standard InChI is InChI=1S/C11H18N4O/c1-4-15(8-11(16)13-3)9-5-6-14-10(7-9)12-2/h5-7H,4,8H2,1-3H3,(H,12,14)(H,13,16). The molecule has 0 fully saturated rings. The lowest BCUT2D eigenvalue weighted by molar-refractivity contribution is -0.119. The topological polar surface area (TPSA) is 57.3 Å². The molecule has 5 heteroatoms. The zero-order valence-electron chi connectivity index (χ0n) is 9.95. The molecule has 0 saturated heterocycles. The van der Waals surface area contributed by atoms with Crippen LogP contribution in [0.25, 0.3) is 0 Å². The van der Waals surface area contributed by atoms with E-state index in [0.717, 1.165) is 18.1 Å². The minimum absolute atomic E-state index is 0.00432. The fourth-order valence-electron chi connectivity index (χ4n) is 1.39. The van der Waals surface area contributed by atoms with Crippen molar-refractivity contribution >= 4 is 17.4 Å². The van der Waals surface area contributed by atoms with E-state index in [2.05, 4.69) is 15.6 Å². The summed E-state index contributed by atoms with van der Waals surface area (Å²) >= 11 is 0. The monoisotopic (exact) mass is 222 g/mol. The first-order valence-corrected chi connectivity index (χ1v) is 5.30. The van der Waals surface area contributed by atoms with Crippen molar-refractivity contribution < 1.29 is 4.79 Å². The van der Waals surface area contributed by atoms with E-state index in [-0.39, 0.29) is 5.91 Å². The molecular weight excluding hydrogens is 204 g/mol. The van der Waals surface area contributed by atoms with Crippen molar-refractivity contribution in [2.75, 3.05) is 37.4 Å². The Bertz CT molecular complexity index is 354. The molecule has 0 aromatic carbocycles. The van der Waals surface area contributed by atoms with E-state index in [9.17, 15) is 4.79 Å². The number of pyridine rings is 1. The highest BCUT2D eigenvalue weighted by atomic mass is 16.1. The van der Waals surface area contributed by atoms with Gasteiger partial charge in [0.2, 0.25) is 5.91 Å². The fraction of sp³-hybridized carbons (Fsp3) is 0.455. The molecule has 1 aromatic rings. The third kappa shape index (κ3) is 3.12. The zero-order valence-corrected chi connectivity index (χ0v) is 9.95. The number of nitrogens with one attached hydrogen (secondary N) is 2. The second-order valence-corrected chi connectivity index (χ2v) is 3.34. The van der Waals surface area contributed by atoms with Gasteiger partial charge in [-0.2, -0.15) is 0 Å². The molecule has 0 spiro atoms. The van der Waals surface area contributed by atoms with Crippen LogP contribution in [0.3, 0.4) is 0 Å². The van der Waals surface area contributed by atoms with Gasteiger partial charge in [0.15, 0.2) is 0 Å². The van der Waals surface area contributed by atoms with Crippen LogP contribution in [0.4, 0.5) is 11.5 Å². The van der Waals surface area contributed by atoms with Gasteiger partial charge in [0.05, 0.1) is 6.54 Å². The Balaban J connectivity index is 2.81. The van der Waals surface area contributed by atoms with Gasteiger partial charge in [-0.25, -0.2) is 4.98 Å². The van der Waals surface area contributed by atoms with Gasteiger partial charge >= 0.3 is 0 Å². The highest BCUT2D eigenvalue weighted by molar-refractivity contribution is 5.81. The van der Waals surface area contributed by atoms with E-state index in [1.165, 1.54) is 0 Å². The summed E-state index contributed by atoms with van der Waals surface area (Å²) in [6, 6.07) is 3.82. The maximum absolute atomic E-state index is 11.3. The van der Waals surface area contributed by atoms with Gasteiger partial charge in [-0.1, -0.05) is 0 Å². The number of hydrogen-bond acceptors (Lipinski definition) is 4. The molecule has 0 aliphatic carbocycles. The molecule has 5 nitrogen and oxygen atoms in total. The molecule has 16 heavy (non-hydrogen) atoms. The lowest BCUT2D eigenvalue weighted by atomic mass is 10.3. The van der Waals surface area contributed by atoms with Gasteiger partial charge in [0, 0.05) is 38.6 Å². The van der Waals surface area contributed by atoms with Gasteiger partial charge in [0.25, 0.3) is 0 Å². The quantitative estimate of drug-likeness (QED) is 0.770. The molecule has 0 radical (unpaired) electrons. The van der Waals surface area contributed by atoms with Crippen LogP contribution < -0.4 is 15.5 Å². The van der Waals surface area contributed by atoms with Crippen LogP contribution in [0.1, 0.15) is 6.92 Å². The molecule has 0 bridgehead atoms. The maximum Gasteiger partial charge on any atom is 0.239 e. The minimum atomic E-state index is 0.00432. The molecule has 1 heterocycles. The molecule has 0 aliphatic rings. The van der Waals surface area contributed by atoms with Crippen LogP contribution >= 0.6 is 0 Å². The average molecular weight is 222 g/mol. The van der Waals surface area contributed by atoms with Gasteiger partial charge in [0.1, 0.15) is 5.82 Å². The molecule has 1 aromatic heterocycles. The van der Waals surface area contributed by atoms with E-state index >= 15 is 0 Å². The zero-order chi connectivity index (χ0) is 12.0. The first-order valence-electron chi connectivity index (χ1n) is 5.30. The smallest absolute Gasteiger partial charge is 0.239 e. The molecule has 0 unspecified atom stereocenters. The molecule has 0 atom stereocenters. The third-order valence-corrected chi connectivity index (χ3v) is 2.36. The van der Waals surface area contributed by atoms with Crippen molar-refractivity contribution in [3.8, 4) is 0 Å².